The Morgan fingerprint density at radius 2 is 1.85 bits per heavy atom. The van der Waals surface area contributed by atoms with E-state index in [1.807, 2.05) is 0 Å². The minimum absolute atomic E-state index is 0.0998. The summed E-state index contributed by atoms with van der Waals surface area (Å²) in [5, 5.41) is 0. The third-order valence-corrected chi connectivity index (χ3v) is 6.03. The summed E-state index contributed by atoms with van der Waals surface area (Å²) in [5.74, 6) is -1.37. The zero-order chi connectivity index (χ0) is 19.3. The van der Waals surface area contributed by atoms with Crippen LogP contribution in [0.1, 0.15) is 29.9 Å². The topological polar surface area (TPSA) is 70.6 Å². The summed E-state index contributed by atoms with van der Waals surface area (Å²) in [4.78, 5) is 17.9. The van der Waals surface area contributed by atoms with Crippen molar-refractivity contribution < 1.29 is 17.6 Å². The standard InChI is InChI=1S/C18H22FN3O3S/c1-4-22(5-2)26(24,25)15-9-10-17(19)16(12-15)18(23)21(3)13-14-8-6-7-11-20-14/h6-12H,4-5,13H2,1-3H3. The fourth-order valence-corrected chi connectivity index (χ4v) is 4.04. The molecular weight excluding hydrogens is 357 g/mol. The van der Waals surface area contributed by atoms with Crippen LogP contribution in [-0.4, -0.2) is 48.7 Å². The zero-order valence-corrected chi connectivity index (χ0v) is 15.8. The first-order valence-corrected chi connectivity index (χ1v) is 9.70. The van der Waals surface area contributed by atoms with Gasteiger partial charge in [-0.2, -0.15) is 4.31 Å². The molecule has 0 bridgehead atoms. The van der Waals surface area contributed by atoms with Gasteiger partial charge >= 0.3 is 0 Å². The molecule has 0 aliphatic rings. The third-order valence-electron chi connectivity index (χ3n) is 3.98. The van der Waals surface area contributed by atoms with Crippen LogP contribution < -0.4 is 0 Å². The second-order valence-electron chi connectivity index (χ2n) is 5.71. The molecule has 0 fully saturated rings. The van der Waals surface area contributed by atoms with Gasteiger partial charge in [0.1, 0.15) is 5.82 Å². The summed E-state index contributed by atoms with van der Waals surface area (Å²) in [6.45, 7) is 4.21. The van der Waals surface area contributed by atoms with Gasteiger partial charge in [0.25, 0.3) is 5.91 Å². The number of rotatable bonds is 7. The number of benzene rings is 1. The van der Waals surface area contributed by atoms with Crippen LogP contribution in [0.2, 0.25) is 0 Å². The van der Waals surface area contributed by atoms with Gasteiger partial charge in [0.15, 0.2) is 0 Å². The highest BCUT2D eigenvalue weighted by Gasteiger charge is 2.25. The fourth-order valence-electron chi connectivity index (χ4n) is 2.55. The minimum atomic E-state index is -3.77. The number of halogens is 1. The number of pyridine rings is 1. The van der Waals surface area contributed by atoms with Gasteiger partial charge in [0, 0.05) is 26.3 Å². The molecule has 0 spiro atoms. The molecule has 0 aliphatic heterocycles. The summed E-state index contributed by atoms with van der Waals surface area (Å²) < 4.78 is 40.7. The normalized spacial score (nSPS) is 11.6. The molecule has 1 aromatic heterocycles. The second kappa shape index (κ2) is 8.37. The Morgan fingerprint density at radius 1 is 1.15 bits per heavy atom. The van der Waals surface area contributed by atoms with Crippen molar-refractivity contribution in [2.75, 3.05) is 20.1 Å². The summed E-state index contributed by atoms with van der Waals surface area (Å²) >= 11 is 0. The first kappa shape index (κ1) is 20.0. The van der Waals surface area contributed by atoms with E-state index in [2.05, 4.69) is 4.98 Å². The van der Waals surface area contributed by atoms with Crippen molar-refractivity contribution in [2.45, 2.75) is 25.3 Å². The van der Waals surface area contributed by atoms with Gasteiger partial charge in [-0.15, -0.1) is 0 Å². The summed E-state index contributed by atoms with van der Waals surface area (Å²) in [6, 6.07) is 8.59. The zero-order valence-electron chi connectivity index (χ0n) is 15.0. The van der Waals surface area contributed by atoms with Gasteiger partial charge in [0.05, 0.1) is 22.7 Å². The quantitative estimate of drug-likeness (QED) is 0.741. The molecule has 0 saturated carbocycles. The molecule has 0 N–H and O–H groups in total. The van der Waals surface area contributed by atoms with Gasteiger partial charge in [-0.05, 0) is 30.3 Å². The Kier molecular flexibility index (Phi) is 6.44. The van der Waals surface area contributed by atoms with Crippen LogP contribution in [0.25, 0.3) is 0 Å². The van der Waals surface area contributed by atoms with Gasteiger partial charge in [-0.3, -0.25) is 9.78 Å². The Balaban J connectivity index is 2.33. The predicted octanol–water partition coefficient (Wildman–Crippen LogP) is 2.52. The molecule has 26 heavy (non-hydrogen) atoms. The van der Waals surface area contributed by atoms with Gasteiger partial charge in [0.2, 0.25) is 10.0 Å². The summed E-state index contributed by atoms with van der Waals surface area (Å²) in [6.07, 6.45) is 1.60. The largest absolute Gasteiger partial charge is 0.336 e. The molecule has 0 radical (unpaired) electrons. The number of hydrogen-bond donors (Lipinski definition) is 0. The van der Waals surface area contributed by atoms with Crippen LogP contribution in [0.4, 0.5) is 4.39 Å². The van der Waals surface area contributed by atoms with Crippen LogP contribution in [0.15, 0.2) is 47.5 Å². The van der Waals surface area contributed by atoms with Gasteiger partial charge in [-0.1, -0.05) is 19.9 Å². The van der Waals surface area contributed by atoms with Crippen LogP contribution in [-0.2, 0) is 16.6 Å². The first-order chi connectivity index (χ1) is 12.3. The average Bonchev–Trinajstić information content (AvgIpc) is 2.63. The van der Waals surface area contributed by atoms with Crippen molar-refractivity contribution >= 4 is 15.9 Å². The fraction of sp³-hybridized carbons (Fsp3) is 0.333. The minimum Gasteiger partial charge on any atom is -0.336 e. The maximum atomic E-state index is 14.2. The summed E-state index contributed by atoms with van der Waals surface area (Å²) in [7, 11) is -2.26. The molecule has 6 nitrogen and oxygen atoms in total. The maximum absolute atomic E-state index is 14.2. The number of nitrogens with zero attached hydrogens (tertiary/aromatic N) is 3. The Hall–Kier alpha value is -2.32. The molecule has 2 rings (SSSR count). The highest BCUT2D eigenvalue weighted by atomic mass is 32.2. The lowest BCUT2D eigenvalue weighted by molar-refractivity contribution is 0.0778. The number of amides is 1. The predicted molar refractivity (Wildman–Crippen MR) is 96.5 cm³/mol. The Bertz CT molecular complexity index is 869. The number of hydrogen-bond acceptors (Lipinski definition) is 4. The van der Waals surface area contributed by atoms with Gasteiger partial charge in [-0.25, -0.2) is 12.8 Å². The monoisotopic (exact) mass is 379 g/mol. The number of carbonyl (C=O) groups is 1. The van der Waals surface area contributed by atoms with Crippen molar-refractivity contribution in [3.8, 4) is 0 Å². The van der Waals surface area contributed by atoms with E-state index in [1.165, 1.54) is 22.3 Å². The number of aromatic nitrogens is 1. The molecule has 1 heterocycles. The Morgan fingerprint density at radius 3 is 2.42 bits per heavy atom. The third kappa shape index (κ3) is 4.25. The average molecular weight is 379 g/mol. The molecule has 0 saturated heterocycles. The maximum Gasteiger partial charge on any atom is 0.256 e. The van der Waals surface area contributed by atoms with Crippen molar-refractivity contribution in [1.29, 1.82) is 0 Å². The lowest BCUT2D eigenvalue weighted by atomic mass is 10.2. The first-order valence-electron chi connectivity index (χ1n) is 8.26. The van der Waals surface area contributed by atoms with Crippen LogP contribution in [0.5, 0.6) is 0 Å². The molecular formula is C18H22FN3O3S. The van der Waals surface area contributed by atoms with Crippen LogP contribution in [0.3, 0.4) is 0 Å². The SMILES string of the molecule is CCN(CC)S(=O)(=O)c1ccc(F)c(C(=O)N(C)Cc2ccccn2)c1. The number of carbonyl (C=O) groups excluding carboxylic acids is 1. The van der Waals surface area contributed by atoms with Crippen molar-refractivity contribution in [3.05, 3.63) is 59.7 Å². The molecule has 0 atom stereocenters. The van der Waals surface area contributed by atoms with Crippen molar-refractivity contribution in [2.24, 2.45) is 0 Å². The Labute approximate surface area is 153 Å². The van der Waals surface area contributed by atoms with E-state index < -0.39 is 21.7 Å². The van der Waals surface area contributed by atoms with Crippen LogP contribution in [0, 0.1) is 5.82 Å². The molecule has 1 aromatic carbocycles. The van der Waals surface area contributed by atoms with E-state index in [4.69, 9.17) is 0 Å². The second-order valence-corrected chi connectivity index (χ2v) is 7.65. The molecule has 0 unspecified atom stereocenters. The van der Waals surface area contributed by atoms with E-state index in [0.29, 0.717) is 18.8 Å². The number of sulfonamides is 1. The van der Waals surface area contributed by atoms with E-state index in [-0.39, 0.29) is 17.0 Å². The lowest BCUT2D eigenvalue weighted by Gasteiger charge is -2.20. The summed E-state index contributed by atoms with van der Waals surface area (Å²) in [5.41, 5.74) is 0.368. The highest BCUT2D eigenvalue weighted by molar-refractivity contribution is 7.89. The molecule has 140 valence electrons. The molecule has 8 heteroatoms. The van der Waals surface area contributed by atoms with Crippen LogP contribution >= 0.6 is 0 Å². The van der Waals surface area contributed by atoms with E-state index >= 15 is 0 Å². The molecule has 2 aromatic rings. The van der Waals surface area contributed by atoms with Crippen molar-refractivity contribution in [3.63, 3.8) is 0 Å². The van der Waals surface area contributed by atoms with E-state index in [0.717, 1.165) is 12.1 Å². The van der Waals surface area contributed by atoms with E-state index in [1.54, 1.807) is 38.2 Å². The lowest BCUT2D eigenvalue weighted by Crippen LogP contribution is -2.31. The highest BCUT2D eigenvalue weighted by Crippen LogP contribution is 2.20. The smallest absolute Gasteiger partial charge is 0.256 e. The van der Waals surface area contributed by atoms with Crippen molar-refractivity contribution in [1.82, 2.24) is 14.2 Å². The van der Waals surface area contributed by atoms with Gasteiger partial charge < -0.3 is 4.90 Å². The molecule has 0 aliphatic carbocycles. The molecule has 1 amide bonds. The van der Waals surface area contributed by atoms with E-state index in [9.17, 15) is 17.6 Å².